The van der Waals surface area contributed by atoms with Gasteiger partial charge in [-0.3, -0.25) is 14.0 Å². The minimum atomic E-state index is -0.0448. The lowest BCUT2D eigenvalue weighted by Gasteiger charge is -2.17. The van der Waals surface area contributed by atoms with Crippen LogP contribution in [0.3, 0.4) is 0 Å². The van der Waals surface area contributed by atoms with Crippen LogP contribution in [-0.2, 0) is 11.8 Å². The number of nitrogens with zero attached hydrogens (tertiary/aromatic N) is 4. The van der Waals surface area contributed by atoms with Gasteiger partial charge in [0.1, 0.15) is 6.33 Å². The molecule has 2 aromatic heterocycles. The summed E-state index contributed by atoms with van der Waals surface area (Å²) in [5.74, 6) is 0.922. The Morgan fingerprint density at radius 1 is 1.32 bits per heavy atom. The van der Waals surface area contributed by atoms with E-state index in [0.29, 0.717) is 16.6 Å². The van der Waals surface area contributed by atoms with E-state index in [1.54, 1.807) is 18.1 Å². The molecule has 0 saturated heterocycles. The molecule has 0 aliphatic carbocycles. The molecule has 1 aromatic carbocycles. The number of amides is 1. The van der Waals surface area contributed by atoms with Gasteiger partial charge >= 0.3 is 0 Å². The predicted octanol–water partition coefficient (Wildman–Crippen LogP) is 3.34. The van der Waals surface area contributed by atoms with Crippen molar-refractivity contribution in [2.75, 3.05) is 11.1 Å². The number of carbonyl (C=O) groups is 1. The summed E-state index contributed by atoms with van der Waals surface area (Å²) in [6, 6.07) is 7.57. The van der Waals surface area contributed by atoms with E-state index >= 15 is 0 Å². The van der Waals surface area contributed by atoms with Crippen molar-refractivity contribution in [1.82, 2.24) is 19.3 Å². The highest BCUT2D eigenvalue weighted by Gasteiger charge is 2.31. The zero-order valence-electron chi connectivity index (χ0n) is 13.7. The van der Waals surface area contributed by atoms with Gasteiger partial charge in [0.2, 0.25) is 5.91 Å². The van der Waals surface area contributed by atoms with Crippen molar-refractivity contribution >= 4 is 35.1 Å². The van der Waals surface area contributed by atoms with Gasteiger partial charge in [-0.15, -0.1) is 11.8 Å². The zero-order valence-corrected chi connectivity index (χ0v) is 15.3. The van der Waals surface area contributed by atoms with Crippen LogP contribution in [0.5, 0.6) is 0 Å². The number of halogens is 1. The summed E-state index contributed by atoms with van der Waals surface area (Å²) in [7, 11) is 1.92. The Hall–Kier alpha value is -2.25. The molecule has 0 bridgehead atoms. The van der Waals surface area contributed by atoms with E-state index in [9.17, 15) is 4.79 Å². The average molecular weight is 374 g/mol. The molecule has 0 saturated carbocycles. The smallest absolute Gasteiger partial charge is 0.235 e. The van der Waals surface area contributed by atoms with E-state index in [4.69, 9.17) is 11.6 Å². The van der Waals surface area contributed by atoms with Crippen LogP contribution in [0.1, 0.15) is 22.2 Å². The summed E-state index contributed by atoms with van der Waals surface area (Å²) in [5.41, 5.74) is 4.04. The van der Waals surface area contributed by atoms with Crippen molar-refractivity contribution in [1.29, 1.82) is 0 Å². The van der Waals surface area contributed by atoms with Crippen LogP contribution in [0.15, 0.2) is 36.8 Å². The Bertz CT molecular complexity index is 947. The minimum Gasteiger partial charge on any atom is -0.308 e. The van der Waals surface area contributed by atoms with Crippen molar-refractivity contribution < 1.29 is 4.79 Å². The monoisotopic (exact) mass is 373 g/mol. The molecule has 8 heteroatoms. The lowest BCUT2D eigenvalue weighted by atomic mass is 10.1. The summed E-state index contributed by atoms with van der Waals surface area (Å²) in [5, 5.41) is 7.91. The summed E-state index contributed by atoms with van der Waals surface area (Å²) < 4.78 is 3.85. The second kappa shape index (κ2) is 6.24. The number of aromatic nitrogens is 4. The van der Waals surface area contributed by atoms with Crippen LogP contribution in [-0.4, -0.2) is 31.0 Å². The molecule has 0 fully saturated rings. The molecule has 1 atom stereocenters. The molecule has 25 heavy (non-hydrogen) atoms. The minimum absolute atomic E-state index is 0.0409. The van der Waals surface area contributed by atoms with Gasteiger partial charge in [-0.25, -0.2) is 4.98 Å². The Kier molecular flexibility index (Phi) is 4.05. The van der Waals surface area contributed by atoms with Crippen molar-refractivity contribution in [3.63, 3.8) is 0 Å². The van der Waals surface area contributed by atoms with Gasteiger partial charge in [0.05, 0.1) is 22.9 Å². The fourth-order valence-electron chi connectivity index (χ4n) is 2.93. The number of imidazole rings is 1. The highest BCUT2D eigenvalue weighted by atomic mass is 35.5. The molecule has 3 heterocycles. The summed E-state index contributed by atoms with van der Waals surface area (Å²) in [4.78, 5) is 16.5. The highest BCUT2D eigenvalue weighted by molar-refractivity contribution is 8.00. The van der Waals surface area contributed by atoms with Crippen LogP contribution >= 0.6 is 23.4 Å². The quantitative estimate of drug-likeness (QED) is 0.748. The maximum absolute atomic E-state index is 12.1. The molecule has 3 aromatic rings. The number of hydrogen-bond acceptors (Lipinski definition) is 4. The van der Waals surface area contributed by atoms with Gasteiger partial charge in [0.15, 0.2) is 5.82 Å². The Morgan fingerprint density at radius 2 is 2.08 bits per heavy atom. The highest BCUT2D eigenvalue weighted by Crippen LogP contribution is 2.42. The molecule has 0 radical (unpaired) electrons. The molecule has 1 unspecified atom stereocenters. The molecule has 6 nitrogen and oxygen atoms in total. The molecule has 1 N–H and O–H groups in total. The number of nitrogens with one attached hydrogen (secondary N) is 1. The predicted molar refractivity (Wildman–Crippen MR) is 99.4 cm³/mol. The van der Waals surface area contributed by atoms with E-state index in [1.807, 2.05) is 53.7 Å². The van der Waals surface area contributed by atoms with Gasteiger partial charge in [-0.2, -0.15) is 5.10 Å². The van der Waals surface area contributed by atoms with Crippen LogP contribution in [0.4, 0.5) is 5.82 Å². The number of carbonyl (C=O) groups excluding carboxylic acids is 1. The van der Waals surface area contributed by atoms with Crippen LogP contribution in [0.25, 0.3) is 5.69 Å². The standard InChI is InChI=1S/C17H16ClN5OS/c1-10-13(7-20-22(10)2)16-15-17(21-14(24)8-25-16)19-9-23(15)12-5-3-11(18)4-6-12/h3-7,9,16H,8H2,1-2H3,(H,21,24). The molecular weight excluding hydrogens is 358 g/mol. The fraction of sp³-hybridized carbons (Fsp3) is 0.235. The summed E-state index contributed by atoms with van der Waals surface area (Å²) >= 11 is 7.59. The summed E-state index contributed by atoms with van der Waals surface area (Å²) in [6.07, 6.45) is 3.60. The molecule has 4 rings (SSSR count). The molecular formula is C17H16ClN5OS. The van der Waals surface area contributed by atoms with Gasteiger partial charge in [-0.1, -0.05) is 11.6 Å². The second-order valence-corrected chi connectivity index (χ2v) is 7.40. The van der Waals surface area contributed by atoms with Crippen LogP contribution in [0.2, 0.25) is 5.02 Å². The number of hydrogen-bond donors (Lipinski definition) is 1. The molecule has 128 valence electrons. The van der Waals surface area contributed by atoms with E-state index in [2.05, 4.69) is 15.4 Å². The Balaban J connectivity index is 1.89. The maximum atomic E-state index is 12.1. The van der Waals surface area contributed by atoms with Gasteiger partial charge < -0.3 is 5.32 Å². The van der Waals surface area contributed by atoms with Crippen molar-refractivity contribution in [2.45, 2.75) is 12.2 Å². The number of fused-ring (bicyclic) bond motifs is 1. The average Bonchev–Trinajstić information content (AvgIpc) is 3.10. The number of aryl methyl sites for hydroxylation is 1. The van der Waals surface area contributed by atoms with E-state index in [-0.39, 0.29) is 11.2 Å². The third-order valence-corrected chi connectivity index (χ3v) is 5.84. The van der Waals surface area contributed by atoms with Gasteiger partial charge in [0.25, 0.3) is 0 Å². The molecule has 1 aliphatic rings. The van der Waals surface area contributed by atoms with Crippen molar-refractivity contribution in [2.24, 2.45) is 7.05 Å². The third-order valence-electron chi connectivity index (χ3n) is 4.35. The number of rotatable bonds is 2. The topological polar surface area (TPSA) is 64.7 Å². The lowest BCUT2D eigenvalue weighted by molar-refractivity contribution is -0.113. The van der Waals surface area contributed by atoms with Crippen molar-refractivity contribution in [3.05, 3.63) is 58.8 Å². The molecule has 1 amide bonds. The van der Waals surface area contributed by atoms with Crippen LogP contribution < -0.4 is 5.32 Å². The number of benzene rings is 1. The zero-order chi connectivity index (χ0) is 17.6. The van der Waals surface area contributed by atoms with E-state index in [0.717, 1.165) is 22.6 Å². The SMILES string of the molecule is Cc1c(C2SCC(=O)Nc3ncn(-c4ccc(Cl)cc4)c32)cnn1C. The first-order valence-electron chi connectivity index (χ1n) is 7.77. The largest absolute Gasteiger partial charge is 0.308 e. The van der Waals surface area contributed by atoms with Gasteiger partial charge in [0, 0.05) is 29.0 Å². The molecule has 1 aliphatic heterocycles. The van der Waals surface area contributed by atoms with E-state index in [1.165, 1.54) is 0 Å². The van der Waals surface area contributed by atoms with Crippen molar-refractivity contribution in [3.8, 4) is 5.69 Å². The first kappa shape index (κ1) is 16.2. The first-order chi connectivity index (χ1) is 12.0. The maximum Gasteiger partial charge on any atom is 0.235 e. The fourth-order valence-corrected chi connectivity index (χ4v) is 4.24. The van der Waals surface area contributed by atoms with E-state index < -0.39 is 0 Å². The Morgan fingerprint density at radius 3 is 2.76 bits per heavy atom. The number of anilines is 1. The third kappa shape index (κ3) is 2.83. The first-order valence-corrected chi connectivity index (χ1v) is 9.20. The van der Waals surface area contributed by atoms with Gasteiger partial charge in [-0.05, 0) is 31.2 Å². The second-order valence-electron chi connectivity index (χ2n) is 5.87. The number of thioether (sulfide) groups is 1. The van der Waals surface area contributed by atoms with Crippen LogP contribution in [0, 0.1) is 6.92 Å². The Labute approximate surface area is 154 Å². The summed E-state index contributed by atoms with van der Waals surface area (Å²) in [6.45, 7) is 2.03. The molecule has 0 spiro atoms. The normalized spacial score (nSPS) is 17.1. The lowest BCUT2D eigenvalue weighted by Crippen LogP contribution is -2.12.